The van der Waals surface area contributed by atoms with Crippen LogP contribution in [-0.2, 0) is 11.3 Å². The average Bonchev–Trinajstić information content (AvgIpc) is 3.39. The molecule has 1 aliphatic heterocycles. The van der Waals surface area contributed by atoms with Crippen LogP contribution in [0.3, 0.4) is 0 Å². The Labute approximate surface area is 198 Å². The molecule has 5 rings (SSSR count). The Hall–Kier alpha value is -3.31. The molecule has 1 saturated heterocycles. The minimum Gasteiger partial charge on any atom is -0.494 e. The SMILES string of the molecule is Cc1ccc(OCCCn2c([C@H]3CC(=O)N(c4ccccc4Cl)C3)nc3ccccc32)cc1. The summed E-state index contributed by atoms with van der Waals surface area (Å²) >= 11 is 6.37. The number of para-hydroxylation sites is 3. The van der Waals surface area contributed by atoms with Gasteiger partial charge in [0.1, 0.15) is 11.6 Å². The van der Waals surface area contributed by atoms with Crippen LogP contribution in [0.15, 0.2) is 72.8 Å². The zero-order valence-corrected chi connectivity index (χ0v) is 19.3. The van der Waals surface area contributed by atoms with Crippen molar-refractivity contribution in [1.29, 1.82) is 0 Å². The lowest BCUT2D eigenvalue weighted by Crippen LogP contribution is -2.24. The molecule has 0 aliphatic carbocycles. The van der Waals surface area contributed by atoms with E-state index in [9.17, 15) is 4.79 Å². The van der Waals surface area contributed by atoms with E-state index in [4.69, 9.17) is 21.3 Å². The molecule has 1 fully saturated rings. The number of hydrogen-bond donors (Lipinski definition) is 0. The molecule has 2 heterocycles. The molecule has 33 heavy (non-hydrogen) atoms. The van der Waals surface area contributed by atoms with Gasteiger partial charge in [0.15, 0.2) is 0 Å². The number of ether oxygens (including phenoxy) is 1. The van der Waals surface area contributed by atoms with Gasteiger partial charge in [0.25, 0.3) is 0 Å². The maximum absolute atomic E-state index is 12.9. The Bertz CT molecular complexity index is 1280. The van der Waals surface area contributed by atoms with E-state index >= 15 is 0 Å². The summed E-state index contributed by atoms with van der Waals surface area (Å²) in [5, 5.41) is 0.591. The first-order chi connectivity index (χ1) is 16.1. The molecule has 1 aliphatic rings. The Morgan fingerprint density at radius 3 is 2.61 bits per heavy atom. The third-order valence-electron chi connectivity index (χ3n) is 6.13. The van der Waals surface area contributed by atoms with E-state index < -0.39 is 0 Å². The maximum atomic E-state index is 12.9. The van der Waals surface area contributed by atoms with Crippen LogP contribution in [0.1, 0.15) is 30.1 Å². The predicted molar refractivity (Wildman–Crippen MR) is 132 cm³/mol. The number of imidazole rings is 1. The molecule has 5 nitrogen and oxygen atoms in total. The third kappa shape index (κ3) is 4.46. The number of nitrogens with zero attached hydrogens (tertiary/aromatic N) is 3. The lowest BCUT2D eigenvalue weighted by Gasteiger charge is -2.18. The summed E-state index contributed by atoms with van der Waals surface area (Å²) in [6.45, 7) is 4.03. The van der Waals surface area contributed by atoms with E-state index in [1.165, 1.54) is 5.56 Å². The lowest BCUT2D eigenvalue weighted by atomic mass is 10.1. The largest absolute Gasteiger partial charge is 0.494 e. The molecule has 1 atom stereocenters. The predicted octanol–water partition coefficient (Wildman–Crippen LogP) is 5.99. The first-order valence-electron chi connectivity index (χ1n) is 11.3. The summed E-state index contributed by atoms with van der Waals surface area (Å²) < 4.78 is 8.18. The van der Waals surface area contributed by atoms with E-state index in [1.807, 2.05) is 54.6 Å². The van der Waals surface area contributed by atoms with Crippen molar-refractivity contribution in [2.75, 3.05) is 18.1 Å². The van der Waals surface area contributed by atoms with Crippen molar-refractivity contribution in [3.8, 4) is 5.75 Å². The van der Waals surface area contributed by atoms with Crippen LogP contribution in [0.5, 0.6) is 5.75 Å². The Kier molecular flexibility index (Phi) is 6.05. The molecule has 0 N–H and O–H groups in total. The number of aryl methyl sites for hydroxylation is 2. The van der Waals surface area contributed by atoms with Crippen molar-refractivity contribution >= 4 is 34.2 Å². The summed E-state index contributed by atoms with van der Waals surface area (Å²) in [6.07, 6.45) is 1.27. The minimum absolute atomic E-state index is 0.0131. The lowest BCUT2D eigenvalue weighted by molar-refractivity contribution is -0.117. The highest BCUT2D eigenvalue weighted by atomic mass is 35.5. The molecule has 4 aromatic rings. The van der Waals surface area contributed by atoms with Gasteiger partial charge < -0.3 is 14.2 Å². The highest BCUT2D eigenvalue weighted by molar-refractivity contribution is 6.33. The van der Waals surface area contributed by atoms with E-state index in [1.54, 1.807) is 4.90 Å². The summed E-state index contributed by atoms with van der Waals surface area (Å²) in [4.78, 5) is 19.6. The number of carbonyl (C=O) groups is 1. The van der Waals surface area contributed by atoms with Crippen LogP contribution in [0.2, 0.25) is 5.02 Å². The molecule has 0 saturated carbocycles. The molecule has 6 heteroatoms. The summed E-state index contributed by atoms with van der Waals surface area (Å²) in [5.41, 5.74) is 4.02. The van der Waals surface area contributed by atoms with E-state index in [0.29, 0.717) is 24.6 Å². The Balaban J connectivity index is 1.35. The number of halogens is 1. The number of anilines is 1. The first kappa shape index (κ1) is 21.5. The second kappa shape index (κ2) is 9.28. The Morgan fingerprint density at radius 2 is 1.79 bits per heavy atom. The summed E-state index contributed by atoms with van der Waals surface area (Å²) in [5.74, 6) is 1.93. The number of fused-ring (bicyclic) bond motifs is 1. The zero-order valence-electron chi connectivity index (χ0n) is 18.6. The van der Waals surface area contributed by atoms with Crippen molar-refractivity contribution in [1.82, 2.24) is 9.55 Å². The molecule has 3 aromatic carbocycles. The van der Waals surface area contributed by atoms with Gasteiger partial charge in [-0.25, -0.2) is 4.98 Å². The number of hydrogen-bond acceptors (Lipinski definition) is 3. The maximum Gasteiger partial charge on any atom is 0.227 e. The molecule has 0 unspecified atom stereocenters. The number of rotatable bonds is 7. The van der Waals surface area contributed by atoms with E-state index in [0.717, 1.165) is 41.3 Å². The van der Waals surface area contributed by atoms with Crippen molar-refractivity contribution in [3.63, 3.8) is 0 Å². The van der Waals surface area contributed by atoms with Crippen molar-refractivity contribution < 1.29 is 9.53 Å². The van der Waals surface area contributed by atoms with Gasteiger partial charge in [-0.15, -0.1) is 0 Å². The van der Waals surface area contributed by atoms with Gasteiger partial charge in [0.05, 0.1) is 28.4 Å². The second-order valence-electron chi connectivity index (χ2n) is 8.48. The fraction of sp³-hybridized carbons (Fsp3) is 0.259. The van der Waals surface area contributed by atoms with Gasteiger partial charge in [0, 0.05) is 25.4 Å². The van der Waals surface area contributed by atoms with Gasteiger partial charge >= 0.3 is 0 Å². The molecule has 1 aromatic heterocycles. The van der Waals surface area contributed by atoms with E-state index in [2.05, 4.69) is 29.7 Å². The molecule has 0 bridgehead atoms. The van der Waals surface area contributed by atoms with Crippen LogP contribution < -0.4 is 9.64 Å². The topological polar surface area (TPSA) is 47.4 Å². The van der Waals surface area contributed by atoms with Crippen molar-refractivity contribution in [2.24, 2.45) is 0 Å². The number of benzene rings is 3. The fourth-order valence-corrected chi connectivity index (χ4v) is 4.71. The summed E-state index contributed by atoms with van der Waals surface area (Å²) in [6, 6.07) is 23.8. The molecule has 0 radical (unpaired) electrons. The van der Waals surface area contributed by atoms with Crippen LogP contribution in [0.25, 0.3) is 11.0 Å². The Morgan fingerprint density at radius 1 is 1.03 bits per heavy atom. The fourth-order valence-electron chi connectivity index (χ4n) is 4.47. The summed E-state index contributed by atoms with van der Waals surface area (Å²) in [7, 11) is 0. The minimum atomic E-state index is 0.0131. The van der Waals surface area contributed by atoms with Gasteiger partial charge in [0.2, 0.25) is 5.91 Å². The average molecular weight is 460 g/mol. The molecular formula is C27H26ClN3O2. The van der Waals surface area contributed by atoms with Crippen molar-refractivity contribution in [3.05, 3.63) is 89.2 Å². The van der Waals surface area contributed by atoms with Gasteiger partial charge in [-0.1, -0.05) is 53.6 Å². The van der Waals surface area contributed by atoms with E-state index in [-0.39, 0.29) is 11.8 Å². The van der Waals surface area contributed by atoms with Crippen LogP contribution in [0, 0.1) is 6.92 Å². The van der Waals surface area contributed by atoms with Crippen LogP contribution >= 0.6 is 11.6 Å². The second-order valence-corrected chi connectivity index (χ2v) is 8.89. The monoisotopic (exact) mass is 459 g/mol. The standard InChI is InChI=1S/C27H26ClN3O2/c1-19-11-13-21(14-12-19)33-16-6-15-30-25-10-5-3-8-23(25)29-27(30)20-17-26(32)31(18-20)24-9-4-2-7-22(24)28/h2-5,7-14,20H,6,15-18H2,1H3/t20-/m0/s1. The highest BCUT2D eigenvalue weighted by Crippen LogP contribution is 2.36. The number of carbonyl (C=O) groups excluding carboxylic acids is 1. The number of aromatic nitrogens is 2. The molecule has 1 amide bonds. The van der Waals surface area contributed by atoms with Gasteiger partial charge in [-0.2, -0.15) is 0 Å². The molecule has 168 valence electrons. The zero-order chi connectivity index (χ0) is 22.8. The quantitative estimate of drug-likeness (QED) is 0.319. The third-order valence-corrected chi connectivity index (χ3v) is 6.45. The van der Waals surface area contributed by atoms with Gasteiger partial charge in [-0.3, -0.25) is 4.79 Å². The van der Waals surface area contributed by atoms with Crippen LogP contribution in [0.4, 0.5) is 5.69 Å². The highest BCUT2D eigenvalue weighted by Gasteiger charge is 2.35. The van der Waals surface area contributed by atoms with Gasteiger partial charge in [-0.05, 0) is 49.7 Å². The molecule has 0 spiro atoms. The van der Waals surface area contributed by atoms with Crippen LogP contribution in [-0.4, -0.2) is 28.6 Å². The number of amides is 1. The normalized spacial score (nSPS) is 16.0. The molecular weight excluding hydrogens is 434 g/mol. The van der Waals surface area contributed by atoms with Crippen molar-refractivity contribution in [2.45, 2.75) is 32.2 Å². The first-order valence-corrected chi connectivity index (χ1v) is 11.7. The smallest absolute Gasteiger partial charge is 0.227 e.